The number of carbonyl (C=O) groups is 2. The molecular formula is C13H15N3O4S. The van der Waals surface area contributed by atoms with Crippen molar-refractivity contribution < 1.29 is 19.1 Å². The minimum atomic E-state index is -1.07. The molecule has 112 valence electrons. The Morgan fingerprint density at radius 1 is 1.48 bits per heavy atom. The smallest absolute Gasteiger partial charge is 0.323 e. The number of nitrogens with zero attached hydrogens (tertiary/aromatic N) is 3. The van der Waals surface area contributed by atoms with Gasteiger partial charge in [0.05, 0.1) is 5.75 Å². The number of thioether (sulfide) groups is 1. The van der Waals surface area contributed by atoms with Crippen molar-refractivity contribution in [1.29, 1.82) is 0 Å². The van der Waals surface area contributed by atoms with Crippen LogP contribution in [0.15, 0.2) is 34.1 Å². The van der Waals surface area contributed by atoms with E-state index in [0.29, 0.717) is 11.5 Å². The van der Waals surface area contributed by atoms with Crippen LogP contribution in [0.2, 0.25) is 0 Å². The van der Waals surface area contributed by atoms with Crippen LogP contribution in [0.25, 0.3) is 0 Å². The molecule has 2 aromatic heterocycles. The van der Waals surface area contributed by atoms with Crippen LogP contribution in [-0.4, -0.2) is 45.0 Å². The van der Waals surface area contributed by atoms with Crippen LogP contribution in [0.3, 0.4) is 0 Å². The van der Waals surface area contributed by atoms with Crippen molar-refractivity contribution in [2.45, 2.75) is 10.9 Å². The van der Waals surface area contributed by atoms with Crippen LogP contribution >= 0.6 is 11.8 Å². The number of furan rings is 1. The number of carbonyl (C=O) groups excluding carboxylic acids is 1. The van der Waals surface area contributed by atoms with Crippen LogP contribution in [0.4, 0.5) is 0 Å². The van der Waals surface area contributed by atoms with Gasteiger partial charge in [0.15, 0.2) is 10.9 Å². The summed E-state index contributed by atoms with van der Waals surface area (Å²) in [5.41, 5.74) is 0. The third-order valence-electron chi connectivity index (χ3n) is 2.71. The van der Waals surface area contributed by atoms with Crippen molar-refractivity contribution in [3.05, 3.63) is 36.0 Å². The molecule has 0 spiro atoms. The van der Waals surface area contributed by atoms with E-state index >= 15 is 0 Å². The molecule has 21 heavy (non-hydrogen) atoms. The fraction of sp³-hybridized carbons (Fsp3) is 0.308. The molecule has 0 aliphatic rings. The number of imidazole rings is 1. The van der Waals surface area contributed by atoms with Crippen LogP contribution < -0.4 is 0 Å². The Bertz CT molecular complexity index is 649. The van der Waals surface area contributed by atoms with E-state index in [1.807, 2.05) is 17.8 Å². The second-order valence-electron chi connectivity index (χ2n) is 4.43. The lowest BCUT2D eigenvalue weighted by atomic mass is 10.4. The molecule has 0 aromatic carbocycles. The van der Waals surface area contributed by atoms with E-state index < -0.39 is 11.9 Å². The zero-order valence-corrected chi connectivity index (χ0v) is 12.5. The highest BCUT2D eigenvalue weighted by Gasteiger charge is 2.18. The van der Waals surface area contributed by atoms with E-state index in [4.69, 9.17) is 9.52 Å². The van der Waals surface area contributed by atoms with E-state index in [1.54, 1.807) is 18.3 Å². The van der Waals surface area contributed by atoms with Crippen molar-refractivity contribution in [3.8, 4) is 0 Å². The standard InChI is InChI=1S/C13H15N3O4S/c1-15-6-5-14-13(15)21-8-9-3-4-10(20-9)12(19)16(2)7-11(17)18/h3-6H,7-8H2,1-2H3,(H,17,18). The summed E-state index contributed by atoms with van der Waals surface area (Å²) in [5, 5.41) is 9.51. The summed E-state index contributed by atoms with van der Waals surface area (Å²) in [4.78, 5) is 27.8. The highest BCUT2D eigenvalue weighted by Crippen LogP contribution is 2.22. The summed E-state index contributed by atoms with van der Waals surface area (Å²) in [6.07, 6.45) is 3.56. The fourth-order valence-electron chi connectivity index (χ4n) is 1.66. The molecule has 0 aliphatic heterocycles. The summed E-state index contributed by atoms with van der Waals surface area (Å²) < 4.78 is 7.33. The van der Waals surface area contributed by atoms with Gasteiger partial charge >= 0.3 is 5.97 Å². The normalized spacial score (nSPS) is 10.6. The van der Waals surface area contributed by atoms with E-state index in [1.165, 1.54) is 18.8 Å². The van der Waals surface area contributed by atoms with Gasteiger partial charge in [-0.1, -0.05) is 11.8 Å². The number of rotatable bonds is 6. The maximum absolute atomic E-state index is 11.9. The van der Waals surface area contributed by atoms with E-state index in [2.05, 4.69) is 4.98 Å². The van der Waals surface area contributed by atoms with Crippen LogP contribution in [0.5, 0.6) is 0 Å². The molecule has 1 N–H and O–H groups in total. The van der Waals surface area contributed by atoms with Gasteiger partial charge in [0.1, 0.15) is 12.3 Å². The van der Waals surface area contributed by atoms with Crippen molar-refractivity contribution in [2.75, 3.05) is 13.6 Å². The van der Waals surface area contributed by atoms with Gasteiger partial charge in [-0.05, 0) is 12.1 Å². The number of aromatic nitrogens is 2. The molecule has 7 nitrogen and oxygen atoms in total. The maximum atomic E-state index is 11.9. The third-order valence-corrected chi connectivity index (χ3v) is 3.79. The molecule has 0 saturated heterocycles. The van der Waals surface area contributed by atoms with Gasteiger partial charge in [-0.2, -0.15) is 0 Å². The van der Waals surface area contributed by atoms with Crippen LogP contribution in [0.1, 0.15) is 16.3 Å². The number of likely N-dealkylation sites (N-methyl/N-ethyl adjacent to an activating group) is 1. The second kappa shape index (κ2) is 6.49. The number of carboxylic acid groups (broad SMARTS) is 1. The van der Waals surface area contributed by atoms with Gasteiger partial charge < -0.3 is 19.0 Å². The number of hydrogen-bond donors (Lipinski definition) is 1. The van der Waals surface area contributed by atoms with E-state index in [9.17, 15) is 9.59 Å². The molecule has 0 fully saturated rings. The van der Waals surface area contributed by atoms with Crippen molar-refractivity contribution in [2.24, 2.45) is 7.05 Å². The largest absolute Gasteiger partial charge is 0.480 e. The Balaban J connectivity index is 1.96. The first-order valence-electron chi connectivity index (χ1n) is 6.13. The Morgan fingerprint density at radius 2 is 2.24 bits per heavy atom. The van der Waals surface area contributed by atoms with Gasteiger partial charge in [0.2, 0.25) is 0 Å². The van der Waals surface area contributed by atoms with Gasteiger partial charge in [-0.15, -0.1) is 0 Å². The first-order chi connectivity index (χ1) is 9.97. The van der Waals surface area contributed by atoms with Gasteiger partial charge in [-0.25, -0.2) is 4.98 Å². The van der Waals surface area contributed by atoms with Crippen LogP contribution in [0, 0.1) is 0 Å². The number of carboxylic acids is 1. The van der Waals surface area contributed by atoms with Crippen LogP contribution in [-0.2, 0) is 17.6 Å². The van der Waals surface area contributed by atoms with Crippen molar-refractivity contribution in [3.63, 3.8) is 0 Å². The molecule has 0 radical (unpaired) electrons. The Kier molecular flexibility index (Phi) is 4.69. The van der Waals surface area contributed by atoms with Gasteiger partial charge in [0.25, 0.3) is 5.91 Å². The fourth-order valence-corrected chi connectivity index (χ4v) is 2.49. The Labute approximate surface area is 125 Å². The minimum Gasteiger partial charge on any atom is -0.480 e. The number of aliphatic carboxylic acids is 1. The average molecular weight is 309 g/mol. The minimum absolute atomic E-state index is 0.134. The summed E-state index contributed by atoms with van der Waals surface area (Å²) in [5.74, 6) is -0.210. The number of aryl methyl sites for hydroxylation is 1. The molecule has 1 amide bonds. The first kappa shape index (κ1) is 15.2. The summed E-state index contributed by atoms with van der Waals surface area (Å²) in [7, 11) is 3.31. The molecular weight excluding hydrogens is 294 g/mol. The maximum Gasteiger partial charge on any atom is 0.323 e. The third kappa shape index (κ3) is 3.88. The molecule has 2 aromatic rings. The summed E-state index contributed by atoms with van der Waals surface area (Å²) in [6.45, 7) is -0.364. The Hall–Kier alpha value is -2.22. The van der Waals surface area contributed by atoms with Gasteiger partial charge in [-0.3, -0.25) is 9.59 Å². The molecule has 0 bridgehead atoms. The van der Waals surface area contributed by atoms with Crippen molar-refractivity contribution in [1.82, 2.24) is 14.5 Å². The predicted octanol–water partition coefficient (Wildman–Crippen LogP) is 1.46. The molecule has 0 unspecified atom stereocenters. The highest BCUT2D eigenvalue weighted by atomic mass is 32.2. The van der Waals surface area contributed by atoms with Crippen molar-refractivity contribution >= 4 is 23.6 Å². The molecule has 0 atom stereocenters. The molecule has 2 heterocycles. The molecule has 0 saturated carbocycles. The lowest BCUT2D eigenvalue weighted by molar-refractivity contribution is -0.137. The molecule has 2 rings (SSSR count). The lowest BCUT2D eigenvalue weighted by Gasteiger charge is -2.12. The van der Waals surface area contributed by atoms with Gasteiger partial charge in [0, 0.05) is 26.5 Å². The second-order valence-corrected chi connectivity index (χ2v) is 5.37. The lowest BCUT2D eigenvalue weighted by Crippen LogP contribution is -2.31. The predicted molar refractivity (Wildman–Crippen MR) is 76.1 cm³/mol. The van der Waals surface area contributed by atoms with E-state index in [-0.39, 0.29) is 12.3 Å². The van der Waals surface area contributed by atoms with E-state index in [0.717, 1.165) is 10.1 Å². The number of hydrogen-bond acceptors (Lipinski definition) is 5. The monoisotopic (exact) mass is 309 g/mol. The zero-order chi connectivity index (χ0) is 15.4. The molecule has 0 aliphatic carbocycles. The average Bonchev–Trinajstić information content (AvgIpc) is 3.03. The summed E-state index contributed by atoms with van der Waals surface area (Å²) >= 11 is 1.49. The molecule has 8 heteroatoms. The number of amides is 1. The zero-order valence-electron chi connectivity index (χ0n) is 11.6. The summed E-state index contributed by atoms with van der Waals surface area (Å²) in [6, 6.07) is 3.26. The highest BCUT2D eigenvalue weighted by molar-refractivity contribution is 7.98. The first-order valence-corrected chi connectivity index (χ1v) is 7.12. The Morgan fingerprint density at radius 3 is 2.86 bits per heavy atom. The SMILES string of the molecule is CN(CC(=O)O)C(=O)c1ccc(CSc2nccn2C)o1. The topological polar surface area (TPSA) is 88.6 Å². The quantitative estimate of drug-likeness (QED) is 0.813.